The minimum Gasteiger partial charge on any atom is -0.465 e. The molecule has 0 heterocycles. The quantitative estimate of drug-likeness (QED) is 0.348. The molecule has 3 aromatic rings. The third kappa shape index (κ3) is 5.97. The van der Waals surface area contributed by atoms with Crippen LogP contribution in [0.5, 0.6) is 0 Å². The molecule has 8 nitrogen and oxygen atoms in total. The van der Waals surface area contributed by atoms with Gasteiger partial charge < -0.3 is 10.1 Å². The molecule has 0 bridgehead atoms. The molecular formula is C24H23N3O5S2. The number of hydrogen-bond acceptors (Lipinski definition) is 6. The summed E-state index contributed by atoms with van der Waals surface area (Å²) in [5, 5.41) is 5.40. The van der Waals surface area contributed by atoms with Gasteiger partial charge in [-0.2, -0.15) is 0 Å². The molecule has 3 rings (SSSR count). The first-order chi connectivity index (χ1) is 16.1. The van der Waals surface area contributed by atoms with Crippen molar-refractivity contribution < 1.29 is 22.7 Å². The lowest BCUT2D eigenvalue weighted by atomic mass is 10.1. The topological polar surface area (TPSA) is 114 Å². The number of nitrogens with one attached hydrogen (secondary N) is 3. The van der Waals surface area contributed by atoms with E-state index in [4.69, 9.17) is 12.2 Å². The van der Waals surface area contributed by atoms with E-state index in [1.807, 2.05) is 32.0 Å². The maximum Gasteiger partial charge on any atom is 0.337 e. The highest BCUT2D eigenvalue weighted by Crippen LogP contribution is 2.24. The SMILES string of the molecule is COC(=O)c1ccc(C(=O)NC(=S)Nc2ccc(S(=O)(=O)Nc3c(C)cccc3C)cc2)cc1. The van der Waals surface area contributed by atoms with Crippen molar-refractivity contribution in [3.05, 3.63) is 89.0 Å². The van der Waals surface area contributed by atoms with Crippen LogP contribution in [0.25, 0.3) is 0 Å². The van der Waals surface area contributed by atoms with E-state index in [0.717, 1.165) is 11.1 Å². The zero-order chi connectivity index (χ0) is 24.9. The van der Waals surface area contributed by atoms with E-state index in [0.29, 0.717) is 22.5 Å². The van der Waals surface area contributed by atoms with Gasteiger partial charge in [-0.15, -0.1) is 0 Å². The van der Waals surface area contributed by atoms with Gasteiger partial charge >= 0.3 is 5.97 Å². The van der Waals surface area contributed by atoms with Crippen molar-refractivity contribution in [1.29, 1.82) is 0 Å². The van der Waals surface area contributed by atoms with Gasteiger partial charge in [0.15, 0.2) is 5.11 Å². The first-order valence-corrected chi connectivity index (χ1v) is 12.0. The van der Waals surface area contributed by atoms with Crippen molar-refractivity contribution >= 4 is 50.6 Å². The first-order valence-electron chi connectivity index (χ1n) is 10.1. The Morgan fingerprint density at radius 2 is 1.41 bits per heavy atom. The van der Waals surface area contributed by atoms with Crippen LogP contribution < -0.4 is 15.4 Å². The van der Waals surface area contributed by atoms with Gasteiger partial charge in [-0.05, 0) is 85.7 Å². The minimum absolute atomic E-state index is 0.0336. The van der Waals surface area contributed by atoms with Gasteiger partial charge in [0.2, 0.25) is 0 Å². The number of carbonyl (C=O) groups excluding carboxylic acids is 2. The van der Waals surface area contributed by atoms with Gasteiger partial charge in [-0.3, -0.25) is 14.8 Å². The fraction of sp³-hybridized carbons (Fsp3) is 0.125. The van der Waals surface area contributed by atoms with Gasteiger partial charge in [0.05, 0.1) is 23.3 Å². The Balaban J connectivity index is 1.63. The first kappa shape index (κ1) is 24.9. The number of rotatable bonds is 6. The summed E-state index contributed by atoms with van der Waals surface area (Å²) in [5.41, 5.74) is 3.31. The van der Waals surface area contributed by atoms with Crippen LogP contribution in [-0.2, 0) is 14.8 Å². The van der Waals surface area contributed by atoms with Gasteiger partial charge in [0.1, 0.15) is 0 Å². The second kappa shape index (κ2) is 10.4. The predicted octanol–water partition coefficient (Wildman–Crippen LogP) is 4.02. The summed E-state index contributed by atoms with van der Waals surface area (Å²) < 4.78 is 32.8. The fourth-order valence-electron chi connectivity index (χ4n) is 3.10. The van der Waals surface area contributed by atoms with Gasteiger partial charge in [0, 0.05) is 11.3 Å². The molecule has 176 valence electrons. The summed E-state index contributed by atoms with van der Waals surface area (Å²) in [5.74, 6) is -0.968. The van der Waals surface area contributed by atoms with E-state index >= 15 is 0 Å². The lowest BCUT2D eigenvalue weighted by Gasteiger charge is -2.14. The Hall–Kier alpha value is -3.76. The molecule has 3 aromatic carbocycles. The van der Waals surface area contributed by atoms with E-state index in [2.05, 4.69) is 20.1 Å². The van der Waals surface area contributed by atoms with Crippen LogP contribution in [0.1, 0.15) is 31.8 Å². The van der Waals surface area contributed by atoms with Crippen molar-refractivity contribution in [2.75, 3.05) is 17.1 Å². The predicted molar refractivity (Wildman–Crippen MR) is 135 cm³/mol. The fourth-order valence-corrected chi connectivity index (χ4v) is 4.51. The molecule has 0 aliphatic carbocycles. The number of thiocarbonyl (C=S) groups is 1. The maximum absolute atomic E-state index is 12.8. The molecule has 34 heavy (non-hydrogen) atoms. The molecule has 0 aliphatic heterocycles. The van der Waals surface area contributed by atoms with E-state index < -0.39 is 21.9 Å². The van der Waals surface area contributed by atoms with Crippen LogP contribution in [0.15, 0.2) is 71.6 Å². The van der Waals surface area contributed by atoms with Crippen LogP contribution in [0.3, 0.4) is 0 Å². The summed E-state index contributed by atoms with van der Waals surface area (Å²) in [6, 6.07) is 17.4. The number of sulfonamides is 1. The molecule has 0 aromatic heterocycles. The number of carbonyl (C=O) groups is 2. The maximum atomic E-state index is 12.8. The number of para-hydroxylation sites is 1. The van der Waals surface area contributed by atoms with Crippen LogP contribution in [0, 0.1) is 13.8 Å². The number of amides is 1. The molecular weight excluding hydrogens is 474 g/mol. The average molecular weight is 498 g/mol. The summed E-state index contributed by atoms with van der Waals surface area (Å²) in [4.78, 5) is 23.9. The van der Waals surface area contributed by atoms with Gasteiger partial charge in [-0.1, -0.05) is 18.2 Å². The van der Waals surface area contributed by atoms with Crippen molar-refractivity contribution in [3.63, 3.8) is 0 Å². The van der Waals surface area contributed by atoms with Crippen molar-refractivity contribution in [2.24, 2.45) is 0 Å². The number of methoxy groups -OCH3 is 1. The molecule has 3 N–H and O–H groups in total. The Labute approximate surface area is 203 Å². The van der Waals surface area contributed by atoms with Crippen molar-refractivity contribution in [1.82, 2.24) is 5.32 Å². The standard InChI is InChI=1S/C24H23N3O5S2/c1-15-5-4-6-16(2)21(15)27-34(30,31)20-13-11-19(12-14-20)25-24(33)26-22(28)17-7-9-18(10-8-17)23(29)32-3/h4-14,27H,1-3H3,(H2,25,26,28,33). The molecule has 10 heteroatoms. The van der Waals surface area contributed by atoms with Crippen LogP contribution in [0.2, 0.25) is 0 Å². The number of ether oxygens (including phenoxy) is 1. The third-order valence-corrected chi connectivity index (χ3v) is 6.51. The highest BCUT2D eigenvalue weighted by molar-refractivity contribution is 7.92. The van der Waals surface area contributed by atoms with Gasteiger partial charge in [-0.25, -0.2) is 13.2 Å². The van der Waals surface area contributed by atoms with Crippen LogP contribution in [-0.4, -0.2) is 32.5 Å². The summed E-state index contributed by atoms with van der Waals surface area (Å²) in [6.07, 6.45) is 0. The molecule has 0 fully saturated rings. The Morgan fingerprint density at radius 3 is 1.97 bits per heavy atom. The molecule has 0 aliphatic rings. The largest absolute Gasteiger partial charge is 0.465 e. The van der Waals surface area contributed by atoms with Crippen LogP contribution >= 0.6 is 12.2 Å². The number of anilines is 2. The number of hydrogen-bond donors (Lipinski definition) is 3. The summed E-state index contributed by atoms with van der Waals surface area (Å²) in [7, 11) is -2.51. The highest BCUT2D eigenvalue weighted by atomic mass is 32.2. The molecule has 1 amide bonds. The molecule has 0 saturated carbocycles. The Bertz CT molecular complexity index is 1320. The van der Waals surface area contributed by atoms with Crippen LogP contribution in [0.4, 0.5) is 11.4 Å². The Morgan fingerprint density at radius 1 is 0.853 bits per heavy atom. The highest BCUT2D eigenvalue weighted by Gasteiger charge is 2.17. The van der Waals surface area contributed by atoms with Crippen molar-refractivity contribution in [2.45, 2.75) is 18.7 Å². The minimum atomic E-state index is -3.78. The second-order valence-electron chi connectivity index (χ2n) is 7.37. The smallest absolute Gasteiger partial charge is 0.337 e. The Kier molecular flexibility index (Phi) is 7.64. The average Bonchev–Trinajstić information content (AvgIpc) is 2.81. The third-order valence-electron chi connectivity index (χ3n) is 4.94. The molecule has 0 atom stereocenters. The van der Waals surface area contributed by atoms with Crippen molar-refractivity contribution in [3.8, 4) is 0 Å². The zero-order valence-electron chi connectivity index (χ0n) is 18.7. The normalized spacial score (nSPS) is 10.8. The summed E-state index contributed by atoms with van der Waals surface area (Å²) in [6.45, 7) is 3.67. The monoisotopic (exact) mass is 497 g/mol. The van der Waals surface area contributed by atoms with E-state index in [-0.39, 0.29) is 10.0 Å². The second-order valence-corrected chi connectivity index (χ2v) is 9.46. The van der Waals surface area contributed by atoms with E-state index in [1.165, 1.54) is 43.5 Å². The van der Waals surface area contributed by atoms with E-state index in [1.54, 1.807) is 12.1 Å². The number of esters is 1. The zero-order valence-corrected chi connectivity index (χ0v) is 20.3. The molecule has 0 spiro atoms. The lowest BCUT2D eigenvalue weighted by molar-refractivity contribution is 0.0600. The lowest BCUT2D eigenvalue weighted by Crippen LogP contribution is -2.34. The summed E-state index contributed by atoms with van der Waals surface area (Å²) >= 11 is 5.17. The van der Waals surface area contributed by atoms with Gasteiger partial charge in [0.25, 0.3) is 15.9 Å². The molecule has 0 unspecified atom stereocenters. The molecule has 0 radical (unpaired) electrons. The molecule has 0 saturated heterocycles. The number of aryl methyl sites for hydroxylation is 2. The van der Waals surface area contributed by atoms with E-state index in [9.17, 15) is 18.0 Å². The number of benzene rings is 3.